The van der Waals surface area contributed by atoms with E-state index in [1.165, 1.54) is 11.1 Å². The van der Waals surface area contributed by atoms with Gasteiger partial charge in [0, 0.05) is 22.3 Å². The lowest BCUT2D eigenvalue weighted by Crippen LogP contribution is -1.87. The minimum absolute atomic E-state index is 0. The average Bonchev–Trinajstić information content (AvgIpc) is 3.17. The van der Waals surface area contributed by atoms with Crippen LogP contribution < -0.4 is 11.5 Å². The standard InChI is InChI=1S/C29H20.2C2H7N.6C2H6.2CH4/c1-3-7-24(8-4-1)11-12-25-13-15-26(16-14-25)17-18-27-19-21-29(22-20-27)23-28-9-5-2-6-10-28;2*1-2-3;6*1-2;;/h1-10,13-16,19-22H,23H2;2*2-3H2,1H3;6*1-2H3;2*1H4. The molecule has 0 aliphatic rings. The summed E-state index contributed by atoms with van der Waals surface area (Å²) in [5.41, 5.74) is 16.3. The summed E-state index contributed by atoms with van der Waals surface area (Å²) in [6.45, 7) is 29.3. The third kappa shape index (κ3) is 36.6. The van der Waals surface area contributed by atoms with Crippen molar-refractivity contribution >= 4 is 0 Å². The van der Waals surface area contributed by atoms with Crippen molar-refractivity contribution in [2.24, 2.45) is 11.5 Å². The van der Waals surface area contributed by atoms with Crippen LogP contribution in [-0.2, 0) is 6.42 Å². The highest BCUT2D eigenvalue weighted by Crippen LogP contribution is 2.11. The van der Waals surface area contributed by atoms with E-state index in [0.29, 0.717) is 0 Å². The van der Waals surface area contributed by atoms with Crippen LogP contribution in [0, 0.1) is 23.7 Å². The van der Waals surface area contributed by atoms with Crippen LogP contribution in [0.15, 0.2) is 109 Å². The van der Waals surface area contributed by atoms with Gasteiger partial charge in [-0.3, -0.25) is 0 Å². The van der Waals surface area contributed by atoms with Crippen molar-refractivity contribution in [3.63, 3.8) is 0 Å². The number of hydrogen-bond donors (Lipinski definition) is 2. The van der Waals surface area contributed by atoms with E-state index < -0.39 is 0 Å². The lowest BCUT2D eigenvalue weighted by atomic mass is 10.0. The first kappa shape index (κ1) is 60.3. The Morgan fingerprint density at radius 1 is 0.347 bits per heavy atom. The molecular weight excluding hydrogens is 593 g/mol. The Hall–Kier alpha value is -4.08. The van der Waals surface area contributed by atoms with Gasteiger partial charge in [0.25, 0.3) is 0 Å². The van der Waals surface area contributed by atoms with Crippen LogP contribution in [0.4, 0.5) is 0 Å². The SMILES string of the molecule is C.C.C(#Cc1ccc(C#Cc2ccc(Cc3ccccc3)cc2)cc1)c1ccccc1.CC.CC.CC.CC.CC.CC.CCN.CCN. The first-order valence-corrected chi connectivity index (χ1v) is 17.9. The second-order valence-corrected chi connectivity index (χ2v) is 7.62. The molecule has 0 spiro atoms. The molecule has 0 amide bonds. The average molecular weight is 671 g/mol. The van der Waals surface area contributed by atoms with Crippen LogP contribution in [0.3, 0.4) is 0 Å². The predicted octanol–water partition coefficient (Wildman–Crippen LogP) is 13.4. The summed E-state index contributed by atoms with van der Waals surface area (Å²) < 4.78 is 0. The van der Waals surface area contributed by atoms with E-state index in [4.69, 9.17) is 11.5 Å². The molecular formula is C47H78N2. The summed E-state index contributed by atoms with van der Waals surface area (Å²) in [5.74, 6) is 12.8. The molecule has 0 bridgehead atoms. The molecule has 0 saturated heterocycles. The van der Waals surface area contributed by atoms with E-state index in [2.05, 4.69) is 72.2 Å². The largest absolute Gasteiger partial charge is 0.331 e. The van der Waals surface area contributed by atoms with Crippen LogP contribution in [0.5, 0.6) is 0 Å². The molecule has 4 N–H and O–H groups in total. The molecule has 0 aliphatic heterocycles. The third-order valence-electron chi connectivity index (χ3n) is 4.57. The first-order chi connectivity index (χ1) is 23.2. The van der Waals surface area contributed by atoms with Gasteiger partial charge in [-0.25, -0.2) is 0 Å². The Morgan fingerprint density at radius 2 is 0.551 bits per heavy atom. The van der Waals surface area contributed by atoms with Gasteiger partial charge in [-0.15, -0.1) is 0 Å². The minimum atomic E-state index is 0. The fourth-order valence-corrected chi connectivity index (χ4v) is 2.98. The predicted molar refractivity (Wildman–Crippen MR) is 232 cm³/mol. The topological polar surface area (TPSA) is 52.0 Å². The maximum atomic E-state index is 4.85. The molecule has 0 aromatic heterocycles. The van der Waals surface area contributed by atoms with Crippen molar-refractivity contribution in [3.05, 3.63) is 143 Å². The monoisotopic (exact) mass is 671 g/mol. The molecule has 2 nitrogen and oxygen atoms in total. The highest BCUT2D eigenvalue weighted by Gasteiger charge is 1.96. The van der Waals surface area contributed by atoms with Gasteiger partial charge in [0.15, 0.2) is 0 Å². The van der Waals surface area contributed by atoms with Gasteiger partial charge in [0.05, 0.1) is 0 Å². The van der Waals surface area contributed by atoms with Gasteiger partial charge in [-0.2, -0.15) is 0 Å². The highest BCUT2D eigenvalue weighted by atomic mass is 14.5. The lowest BCUT2D eigenvalue weighted by Gasteiger charge is -2.01. The number of nitrogens with two attached hydrogens (primary N) is 2. The summed E-state index contributed by atoms with van der Waals surface area (Å²) in [6.07, 6.45) is 0.944. The summed E-state index contributed by atoms with van der Waals surface area (Å²) in [6, 6.07) is 37.1. The van der Waals surface area contributed by atoms with Crippen molar-refractivity contribution in [2.75, 3.05) is 13.1 Å². The number of rotatable bonds is 2. The Morgan fingerprint density at radius 3 is 0.837 bits per heavy atom. The molecule has 0 unspecified atom stereocenters. The second-order valence-electron chi connectivity index (χ2n) is 7.62. The van der Waals surface area contributed by atoms with E-state index in [1.54, 1.807) is 0 Å². The Balaban J connectivity index is -0.000000152. The van der Waals surface area contributed by atoms with Crippen LogP contribution in [-0.4, -0.2) is 13.1 Å². The van der Waals surface area contributed by atoms with E-state index >= 15 is 0 Å². The number of benzene rings is 4. The first-order valence-electron chi connectivity index (χ1n) is 17.9. The molecule has 0 radical (unpaired) electrons. The maximum absolute atomic E-state index is 4.85. The zero-order chi connectivity index (χ0) is 37.1. The van der Waals surface area contributed by atoms with E-state index in [9.17, 15) is 0 Å². The molecule has 4 aromatic carbocycles. The van der Waals surface area contributed by atoms with Crippen LogP contribution in [0.25, 0.3) is 0 Å². The summed E-state index contributed by atoms with van der Waals surface area (Å²) >= 11 is 0. The Kier molecular flexibility index (Phi) is 65.7. The Bertz CT molecular complexity index is 1220. The smallest absolute Gasteiger partial charge is 0.0249 e. The van der Waals surface area contributed by atoms with Crippen molar-refractivity contribution < 1.29 is 0 Å². The van der Waals surface area contributed by atoms with Gasteiger partial charge in [0.1, 0.15) is 0 Å². The maximum Gasteiger partial charge on any atom is 0.0249 e. The quantitative estimate of drug-likeness (QED) is 0.209. The molecule has 276 valence electrons. The van der Waals surface area contributed by atoms with Gasteiger partial charge < -0.3 is 11.5 Å². The molecule has 4 aromatic rings. The molecule has 0 aliphatic carbocycles. The van der Waals surface area contributed by atoms with E-state index in [-0.39, 0.29) is 14.9 Å². The van der Waals surface area contributed by atoms with Crippen LogP contribution in [0.2, 0.25) is 0 Å². The fraction of sp³-hybridized carbons (Fsp3) is 0.404. The second kappa shape index (κ2) is 53.4. The summed E-state index contributed by atoms with van der Waals surface area (Å²) in [5, 5.41) is 0. The lowest BCUT2D eigenvalue weighted by molar-refractivity contribution is 1.14. The molecule has 49 heavy (non-hydrogen) atoms. The number of hydrogen-bond acceptors (Lipinski definition) is 2. The molecule has 0 saturated carbocycles. The van der Waals surface area contributed by atoms with Gasteiger partial charge in [0.2, 0.25) is 0 Å². The molecule has 0 fully saturated rings. The van der Waals surface area contributed by atoms with Gasteiger partial charge in [-0.1, -0.05) is 196 Å². The van der Waals surface area contributed by atoms with Crippen molar-refractivity contribution in [2.45, 2.75) is 118 Å². The molecule has 2 heteroatoms. The van der Waals surface area contributed by atoms with Crippen molar-refractivity contribution in [1.82, 2.24) is 0 Å². The minimum Gasteiger partial charge on any atom is -0.331 e. The third-order valence-corrected chi connectivity index (χ3v) is 4.57. The Labute approximate surface area is 308 Å². The van der Waals surface area contributed by atoms with Crippen LogP contribution >= 0.6 is 0 Å². The van der Waals surface area contributed by atoms with Gasteiger partial charge in [-0.05, 0) is 79.2 Å². The molecule has 0 atom stereocenters. The van der Waals surface area contributed by atoms with E-state index in [1.807, 2.05) is 158 Å². The summed E-state index contributed by atoms with van der Waals surface area (Å²) in [4.78, 5) is 0. The highest BCUT2D eigenvalue weighted by molar-refractivity contribution is 5.48. The molecule has 0 heterocycles. The zero-order valence-corrected chi connectivity index (χ0v) is 32.7. The van der Waals surface area contributed by atoms with Crippen molar-refractivity contribution in [1.29, 1.82) is 0 Å². The molecule has 4 rings (SSSR count). The zero-order valence-electron chi connectivity index (χ0n) is 32.7. The fourth-order valence-electron chi connectivity index (χ4n) is 2.98. The van der Waals surface area contributed by atoms with E-state index in [0.717, 1.165) is 41.8 Å². The van der Waals surface area contributed by atoms with Gasteiger partial charge >= 0.3 is 0 Å². The van der Waals surface area contributed by atoms with Crippen LogP contribution in [0.1, 0.15) is 145 Å². The normalized spacial score (nSPS) is 7.18. The van der Waals surface area contributed by atoms with Crippen molar-refractivity contribution in [3.8, 4) is 23.7 Å². The summed E-state index contributed by atoms with van der Waals surface area (Å²) in [7, 11) is 0.